The average Bonchev–Trinajstić information content (AvgIpc) is 2.89. The van der Waals surface area contributed by atoms with Gasteiger partial charge in [-0.05, 0) is 44.0 Å². The number of carbonyl (C=O) groups excluding carboxylic acids is 1. The Bertz CT molecular complexity index is 1080. The number of carbonyl (C=O) groups is 1. The fourth-order valence-electron chi connectivity index (χ4n) is 4.36. The number of methoxy groups -OCH3 is 1. The first-order valence-electron chi connectivity index (χ1n) is 11.6. The van der Waals surface area contributed by atoms with Crippen molar-refractivity contribution in [1.29, 1.82) is 0 Å². The zero-order valence-electron chi connectivity index (χ0n) is 19.6. The summed E-state index contributed by atoms with van der Waals surface area (Å²) in [4.78, 5) is 25.9. The number of sulfonamides is 1. The van der Waals surface area contributed by atoms with Gasteiger partial charge >= 0.3 is 0 Å². The molecule has 0 aliphatic carbocycles. The van der Waals surface area contributed by atoms with Gasteiger partial charge in [-0.3, -0.25) is 4.79 Å². The maximum Gasteiger partial charge on any atom is 0.243 e. The van der Waals surface area contributed by atoms with Gasteiger partial charge in [-0.2, -0.15) is 9.29 Å². The number of piperidine rings is 1. The third kappa shape index (κ3) is 5.25. The normalized spacial score (nSPS) is 18.1. The van der Waals surface area contributed by atoms with Gasteiger partial charge in [-0.25, -0.2) is 13.4 Å². The van der Waals surface area contributed by atoms with E-state index >= 15 is 0 Å². The van der Waals surface area contributed by atoms with Crippen molar-refractivity contribution >= 4 is 21.9 Å². The van der Waals surface area contributed by atoms with Crippen molar-refractivity contribution in [2.75, 3.05) is 57.9 Å². The van der Waals surface area contributed by atoms with E-state index < -0.39 is 10.0 Å². The molecule has 3 heterocycles. The van der Waals surface area contributed by atoms with Crippen LogP contribution in [-0.4, -0.2) is 86.5 Å². The molecule has 0 N–H and O–H groups in total. The summed E-state index contributed by atoms with van der Waals surface area (Å²) in [5, 5.41) is 0. The number of benzene rings is 1. The van der Waals surface area contributed by atoms with Gasteiger partial charge in [0.2, 0.25) is 27.8 Å². The number of amides is 1. The van der Waals surface area contributed by atoms with Crippen molar-refractivity contribution in [3.63, 3.8) is 0 Å². The topological polar surface area (TPSA) is 105 Å². The Morgan fingerprint density at radius 1 is 1.03 bits per heavy atom. The second kappa shape index (κ2) is 10.6. The van der Waals surface area contributed by atoms with Crippen LogP contribution in [0.2, 0.25) is 0 Å². The second-order valence-corrected chi connectivity index (χ2v) is 10.2. The average molecular weight is 490 g/mol. The summed E-state index contributed by atoms with van der Waals surface area (Å²) in [6.45, 7) is 5.16. The van der Waals surface area contributed by atoms with E-state index in [2.05, 4.69) is 14.9 Å². The van der Waals surface area contributed by atoms with Gasteiger partial charge in [0.05, 0.1) is 18.6 Å². The number of ether oxygens (including phenoxy) is 2. The number of hydrogen-bond acceptors (Lipinski definition) is 8. The fourth-order valence-corrected chi connectivity index (χ4v) is 5.78. The maximum absolute atomic E-state index is 13.1. The zero-order chi connectivity index (χ0) is 24.1. The molecule has 10 nitrogen and oxygen atoms in total. The highest BCUT2D eigenvalue weighted by atomic mass is 32.2. The summed E-state index contributed by atoms with van der Waals surface area (Å²) in [6.07, 6.45) is 3.09. The third-order valence-electron chi connectivity index (χ3n) is 6.28. The summed E-state index contributed by atoms with van der Waals surface area (Å²) >= 11 is 0. The summed E-state index contributed by atoms with van der Waals surface area (Å²) in [5.74, 6) is 1.79. The van der Waals surface area contributed by atoms with Crippen LogP contribution in [0.4, 0.5) is 5.95 Å². The highest BCUT2D eigenvalue weighted by Crippen LogP contribution is 2.25. The molecule has 0 radical (unpaired) electrons. The van der Waals surface area contributed by atoms with Crippen LogP contribution in [0.3, 0.4) is 0 Å². The van der Waals surface area contributed by atoms with Crippen molar-refractivity contribution in [2.45, 2.75) is 24.7 Å². The Hall–Kier alpha value is -2.92. The van der Waals surface area contributed by atoms with Gasteiger partial charge in [0.1, 0.15) is 5.75 Å². The van der Waals surface area contributed by atoms with E-state index in [-0.39, 0.29) is 29.8 Å². The molecule has 2 aliphatic rings. The standard InChI is InChI=1S/C23H31N5O5S/c1-3-33-19-4-6-20(7-5-19)34(30,31)28-16-14-26(15-17-28)22(29)18-9-12-27(13-10-18)23-24-11-8-21(25-23)32-2/h4-8,11,18H,3,9-10,12-17H2,1-2H3. The van der Waals surface area contributed by atoms with Crippen LogP contribution >= 0.6 is 0 Å². The number of aromatic nitrogens is 2. The lowest BCUT2D eigenvalue weighted by molar-refractivity contribution is -0.137. The predicted octanol–water partition coefficient (Wildman–Crippen LogP) is 1.63. The first kappa shape index (κ1) is 24.2. The summed E-state index contributed by atoms with van der Waals surface area (Å²) in [7, 11) is -2.03. The predicted molar refractivity (Wildman–Crippen MR) is 126 cm³/mol. The van der Waals surface area contributed by atoms with Crippen LogP contribution in [0, 0.1) is 5.92 Å². The Morgan fingerprint density at radius 3 is 2.32 bits per heavy atom. The van der Waals surface area contributed by atoms with E-state index in [9.17, 15) is 13.2 Å². The lowest BCUT2D eigenvalue weighted by atomic mass is 9.95. The number of nitrogens with zero attached hydrogens (tertiary/aromatic N) is 5. The van der Waals surface area contributed by atoms with Crippen LogP contribution in [0.5, 0.6) is 11.6 Å². The summed E-state index contributed by atoms with van der Waals surface area (Å²) in [6, 6.07) is 8.17. The van der Waals surface area contributed by atoms with Crippen LogP contribution in [0.1, 0.15) is 19.8 Å². The Labute approximate surface area is 200 Å². The van der Waals surface area contributed by atoms with Crippen molar-refractivity contribution in [2.24, 2.45) is 5.92 Å². The molecular weight excluding hydrogens is 458 g/mol. The Kier molecular flexibility index (Phi) is 7.52. The molecule has 0 saturated carbocycles. The van der Waals surface area contributed by atoms with Crippen LogP contribution in [0.25, 0.3) is 0 Å². The quantitative estimate of drug-likeness (QED) is 0.578. The molecule has 2 aliphatic heterocycles. The molecule has 2 aromatic rings. The van der Waals surface area contributed by atoms with Crippen molar-refractivity contribution < 1.29 is 22.7 Å². The molecule has 184 valence electrons. The molecule has 4 rings (SSSR count). The minimum atomic E-state index is -3.60. The lowest BCUT2D eigenvalue weighted by Gasteiger charge is -2.38. The summed E-state index contributed by atoms with van der Waals surface area (Å²) in [5.41, 5.74) is 0. The van der Waals surface area contributed by atoms with E-state index in [1.807, 2.05) is 6.92 Å². The van der Waals surface area contributed by atoms with Crippen molar-refractivity contribution in [1.82, 2.24) is 19.2 Å². The van der Waals surface area contributed by atoms with E-state index in [4.69, 9.17) is 9.47 Å². The molecule has 2 fully saturated rings. The van der Waals surface area contributed by atoms with E-state index in [1.54, 1.807) is 48.5 Å². The molecule has 2 saturated heterocycles. The minimum absolute atomic E-state index is 0.0730. The van der Waals surface area contributed by atoms with Crippen LogP contribution < -0.4 is 14.4 Å². The first-order valence-corrected chi connectivity index (χ1v) is 13.0. The minimum Gasteiger partial charge on any atom is -0.494 e. The van der Waals surface area contributed by atoms with Crippen molar-refractivity contribution in [3.8, 4) is 11.6 Å². The first-order chi connectivity index (χ1) is 16.4. The number of anilines is 1. The number of rotatable bonds is 7. The lowest BCUT2D eigenvalue weighted by Crippen LogP contribution is -2.52. The van der Waals surface area contributed by atoms with E-state index in [0.29, 0.717) is 63.2 Å². The van der Waals surface area contributed by atoms with Gasteiger partial charge in [0.15, 0.2) is 0 Å². The summed E-state index contributed by atoms with van der Waals surface area (Å²) < 4.78 is 38.0. The molecule has 34 heavy (non-hydrogen) atoms. The molecule has 0 atom stereocenters. The van der Waals surface area contributed by atoms with Crippen LogP contribution in [-0.2, 0) is 14.8 Å². The third-order valence-corrected chi connectivity index (χ3v) is 8.19. The van der Waals surface area contributed by atoms with Gasteiger partial charge < -0.3 is 19.3 Å². The SMILES string of the molecule is CCOc1ccc(S(=O)(=O)N2CCN(C(=O)C3CCN(c4nccc(OC)n4)CC3)CC2)cc1. The van der Waals surface area contributed by atoms with E-state index in [1.165, 1.54) is 4.31 Å². The Balaban J connectivity index is 1.29. The molecule has 1 aromatic heterocycles. The number of hydrogen-bond donors (Lipinski definition) is 0. The fraction of sp³-hybridized carbons (Fsp3) is 0.522. The van der Waals surface area contributed by atoms with Crippen LogP contribution in [0.15, 0.2) is 41.4 Å². The highest BCUT2D eigenvalue weighted by molar-refractivity contribution is 7.89. The monoisotopic (exact) mass is 489 g/mol. The van der Waals surface area contributed by atoms with E-state index in [0.717, 1.165) is 0 Å². The maximum atomic E-state index is 13.1. The van der Waals surface area contributed by atoms with Gasteiger partial charge in [-0.1, -0.05) is 0 Å². The Morgan fingerprint density at radius 2 is 1.71 bits per heavy atom. The van der Waals surface area contributed by atoms with Gasteiger partial charge in [-0.15, -0.1) is 0 Å². The molecule has 1 aromatic carbocycles. The number of piperazine rings is 1. The molecule has 0 unspecified atom stereocenters. The van der Waals surface area contributed by atoms with Crippen molar-refractivity contribution in [3.05, 3.63) is 36.5 Å². The molecule has 11 heteroatoms. The largest absolute Gasteiger partial charge is 0.494 e. The molecule has 0 bridgehead atoms. The van der Waals surface area contributed by atoms with Gasteiger partial charge in [0.25, 0.3) is 0 Å². The second-order valence-electron chi connectivity index (χ2n) is 8.29. The molecule has 0 spiro atoms. The molecule has 1 amide bonds. The van der Waals surface area contributed by atoms with Gasteiger partial charge in [0, 0.05) is 57.4 Å². The smallest absolute Gasteiger partial charge is 0.243 e. The highest BCUT2D eigenvalue weighted by Gasteiger charge is 2.34. The zero-order valence-corrected chi connectivity index (χ0v) is 20.4. The molecular formula is C23H31N5O5S.